The van der Waals surface area contributed by atoms with Crippen LogP contribution in [0.3, 0.4) is 0 Å². The van der Waals surface area contributed by atoms with Gasteiger partial charge in [-0.15, -0.1) is 0 Å². The van der Waals surface area contributed by atoms with Gasteiger partial charge in [-0.2, -0.15) is 0 Å². The summed E-state index contributed by atoms with van der Waals surface area (Å²) in [4.78, 5) is 0. The van der Waals surface area contributed by atoms with Crippen molar-refractivity contribution < 1.29 is 4.74 Å². The lowest BCUT2D eigenvalue weighted by molar-refractivity contribution is 0.292. The van der Waals surface area contributed by atoms with Crippen LogP contribution in [-0.2, 0) is 0 Å². The molecule has 1 N–H and O–H groups in total. The normalized spacial score (nSPS) is 20.9. The molecule has 0 amide bonds. The fourth-order valence-corrected chi connectivity index (χ4v) is 2.73. The van der Waals surface area contributed by atoms with Gasteiger partial charge in [0.1, 0.15) is 5.75 Å². The number of aryl methyl sites for hydroxylation is 1. The van der Waals surface area contributed by atoms with Crippen LogP contribution < -0.4 is 10.1 Å². The molecule has 0 bridgehead atoms. The summed E-state index contributed by atoms with van der Waals surface area (Å²) in [6.07, 6.45) is 5.19. The smallest absolute Gasteiger partial charge is 0.123 e. The molecule has 3 rings (SSSR count). The molecule has 2 heteroatoms. The Morgan fingerprint density at radius 1 is 1.17 bits per heavy atom. The summed E-state index contributed by atoms with van der Waals surface area (Å²) in [5.74, 6) is 2.65. The van der Waals surface area contributed by atoms with Crippen molar-refractivity contribution in [2.45, 2.75) is 38.5 Å². The van der Waals surface area contributed by atoms with Gasteiger partial charge in [0, 0.05) is 0 Å². The highest BCUT2D eigenvalue weighted by atomic mass is 16.5. The number of hydrogen-bond donors (Lipinski definition) is 1. The third-order valence-corrected chi connectivity index (χ3v) is 4.12. The van der Waals surface area contributed by atoms with Gasteiger partial charge in [-0.25, -0.2) is 0 Å². The fourth-order valence-electron chi connectivity index (χ4n) is 2.73. The van der Waals surface area contributed by atoms with Crippen LogP contribution in [0, 0.1) is 12.8 Å². The van der Waals surface area contributed by atoms with E-state index in [1.54, 1.807) is 0 Å². The predicted octanol–water partition coefficient (Wildman–Crippen LogP) is 3.25. The van der Waals surface area contributed by atoms with Crippen molar-refractivity contribution in [3.05, 3.63) is 29.3 Å². The molecule has 98 valence electrons. The third kappa shape index (κ3) is 2.86. The summed E-state index contributed by atoms with van der Waals surface area (Å²) in [6.45, 7) is 5.35. The molecule has 0 aromatic heterocycles. The van der Waals surface area contributed by atoms with E-state index in [-0.39, 0.29) is 0 Å². The summed E-state index contributed by atoms with van der Waals surface area (Å²) in [7, 11) is 0. The molecule has 1 aliphatic heterocycles. The van der Waals surface area contributed by atoms with Gasteiger partial charge in [0.2, 0.25) is 0 Å². The second kappa shape index (κ2) is 5.31. The minimum Gasteiger partial charge on any atom is -0.493 e. The molecule has 1 saturated heterocycles. The van der Waals surface area contributed by atoms with E-state index in [9.17, 15) is 0 Å². The van der Waals surface area contributed by atoms with Gasteiger partial charge in [-0.05, 0) is 74.7 Å². The first-order valence-electron chi connectivity index (χ1n) is 7.27. The van der Waals surface area contributed by atoms with Crippen LogP contribution in [0.15, 0.2) is 18.2 Å². The van der Waals surface area contributed by atoms with Crippen LogP contribution in [0.2, 0.25) is 0 Å². The molecule has 1 aromatic rings. The van der Waals surface area contributed by atoms with Crippen LogP contribution >= 0.6 is 0 Å². The molecule has 2 aliphatic rings. The van der Waals surface area contributed by atoms with Gasteiger partial charge in [0.15, 0.2) is 0 Å². The minimum atomic E-state index is 0.682. The van der Waals surface area contributed by atoms with Crippen molar-refractivity contribution >= 4 is 0 Å². The van der Waals surface area contributed by atoms with Crippen molar-refractivity contribution in [1.29, 1.82) is 0 Å². The molecule has 0 atom stereocenters. The lowest BCUT2D eigenvalue weighted by atomic mass is 9.89. The Labute approximate surface area is 110 Å². The number of rotatable bonds is 4. The fraction of sp³-hybridized carbons (Fsp3) is 0.625. The molecule has 1 heterocycles. The number of ether oxygens (including phenoxy) is 1. The summed E-state index contributed by atoms with van der Waals surface area (Å²) in [5, 5.41) is 3.43. The topological polar surface area (TPSA) is 21.3 Å². The Kier molecular flexibility index (Phi) is 3.55. The van der Waals surface area contributed by atoms with Gasteiger partial charge in [0.05, 0.1) is 6.61 Å². The van der Waals surface area contributed by atoms with E-state index in [0.717, 1.165) is 31.4 Å². The quantitative estimate of drug-likeness (QED) is 0.879. The highest BCUT2D eigenvalue weighted by Crippen LogP contribution is 2.35. The zero-order valence-electron chi connectivity index (χ0n) is 11.2. The average molecular weight is 245 g/mol. The summed E-state index contributed by atoms with van der Waals surface area (Å²) in [5.41, 5.74) is 2.74. The van der Waals surface area contributed by atoms with Crippen molar-refractivity contribution in [2.24, 2.45) is 5.92 Å². The first kappa shape index (κ1) is 12.0. The Bertz CT molecular complexity index is 406. The second-order valence-corrected chi connectivity index (χ2v) is 5.82. The van der Waals surface area contributed by atoms with Crippen LogP contribution in [-0.4, -0.2) is 19.7 Å². The standard InChI is InChI=1S/C16H23NO/c1-12-2-5-15(14-6-8-17-9-7-14)16(10-12)18-11-13-3-4-13/h2,5,10,13-14,17H,3-4,6-9,11H2,1H3. The van der Waals surface area contributed by atoms with E-state index in [0.29, 0.717) is 5.92 Å². The van der Waals surface area contributed by atoms with E-state index in [4.69, 9.17) is 4.74 Å². The van der Waals surface area contributed by atoms with Crippen molar-refractivity contribution in [3.8, 4) is 5.75 Å². The molecule has 0 unspecified atom stereocenters. The lowest BCUT2D eigenvalue weighted by Crippen LogP contribution is -2.26. The van der Waals surface area contributed by atoms with Gasteiger partial charge < -0.3 is 10.1 Å². The maximum atomic E-state index is 6.07. The van der Waals surface area contributed by atoms with E-state index in [1.165, 1.54) is 36.8 Å². The summed E-state index contributed by atoms with van der Waals surface area (Å²) in [6, 6.07) is 6.73. The van der Waals surface area contributed by atoms with Gasteiger partial charge >= 0.3 is 0 Å². The molecule has 2 nitrogen and oxygen atoms in total. The highest BCUT2D eigenvalue weighted by molar-refractivity contribution is 5.40. The Morgan fingerprint density at radius 2 is 1.94 bits per heavy atom. The molecule has 0 spiro atoms. The molecular weight excluding hydrogens is 222 g/mol. The molecular formula is C16H23NO. The van der Waals surface area contributed by atoms with Crippen LogP contribution in [0.1, 0.15) is 42.7 Å². The number of benzene rings is 1. The van der Waals surface area contributed by atoms with Crippen LogP contribution in [0.25, 0.3) is 0 Å². The molecule has 18 heavy (non-hydrogen) atoms. The maximum Gasteiger partial charge on any atom is 0.123 e. The summed E-state index contributed by atoms with van der Waals surface area (Å²) >= 11 is 0. The van der Waals surface area contributed by atoms with Crippen LogP contribution in [0.5, 0.6) is 5.75 Å². The SMILES string of the molecule is Cc1ccc(C2CCNCC2)c(OCC2CC2)c1. The number of hydrogen-bond acceptors (Lipinski definition) is 2. The highest BCUT2D eigenvalue weighted by Gasteiger charge is 2.24. The van der Waals surface area contributed by atoms with Crippen molar-refractivity contribution in [2.75, 3.05) is 19.7 Å². The van der Waals surface area contributed by atoms with Crippen LogP contribution in [0.4, 0.5) is 0 Å². The Balaban J connectivity index is 1.76. The lowest BCUT2D eigenvalue weighted by Gasteiger charge is -2.25. The molecule has 0 radical (unpaired) electrons. The van der Waals surface area contributed by atoms with Crippen molar-refractivity contribution in [3.63, 3.8) is 0 Å². The average Bonchev–Trinajstić information content (AvgIpc) is 3.21. The molecule has 2 fully saturated rings. The maximum absolute atomic E-state index is 6.07. The van der Waals surface area contributed by atoms with Gasteiger partial charge in [0.25, 0.3) is 0 Å². The molecule has 1 saturated carbocycles. The Hall–Kier alpha value is -1.02. The summed E-state index contributed by atoms with van der Waals surface area (Å²) < 4.78 is 6.07. The zero-order chi connectivity index (χ0) is 12.4. The molecule has 1 aromatic carbocycles. The van der Waals surface area contributed by atoms with Crippen molar-refractivity contribution in [1.82, 2.24) is 5.32 Å². The first-order valence-corrected chi connectivity index (χ1v) is 7.27. The predicted molar refractivity (Wildman–Crippen MR) is 74.2 cm³/mol. The Morgan fingerprint density at radius 3 is 2.67 bits per heavy atom. The van der Waals surface area contributed by atoms with E-state index in [1.807, 2.05) is 0 Å². The first-order chi connectivity index (χ1) is 8.83. The monoisotopic (exact) mass is 245 g/mol. The molecule has 1 aliphatic carbocycles. The minimum absolute atomic E-state index is 0.682. The largest absolute Gasteiger partial charge is 0.493 e. The zero-order valence-corrected chi connectivity index (χ0v) is 11.2. The van der Waals surface area contributed by atoms with E-state index >= 15 is 0 Å². The van der Waals surface area contributed by atoms with E-state index in [2.05, 4.69) is 30.4 Å². The van der Waals surface area contributed by atoms with Gasteiger partial charge in [-0.3, -0.25) is 0 Å². The third-order valence-electron chi connectivity index (χ3n) is 4.12. The van der Waals surface area contributed by atoms with E-state index < -0.39 is 0 Å². The number of nitrogens with one attached hydrogen (secondary N) is 1. The number of piperidine rings is 1. The second-order valence-electron chi connectivity index (χ2n) is 5.82. The van der Waals surface area contributed by atoms with Gasteiger partial charge in [-0.1, -0.05) is 12.1 Å².